The average Bonchev–Trinajstić information content (AvgIpc) is 3.44. The van der Waals surface area contributed by atoms with Gasteiger partial charge in [-0.3, -0.25) is 32.5 Å². The molecule has 0 amide bonds. The zero-order valence-electron chi connectivity index (χ0n) is 49.7. The fraction of sp³-hybridized carbons (Fsp3) is 0.667. The second-order valence-corrected chi connectivity index (χ2v) is 22.6. The van der Waals surface area contributed by atoms with E-state index in [2.05, 4.69) is 130 Å². The first-order valence-corrected chi connectivity index (χ1v) is 33.2. The molecule has 0 rings (SSSR count). The Balaban J connectivity index is 4.73. The molecule has 0 aromatic carbocycles. The summed E-state index contributed by atoms with van der Waals surface area (Å²) in [5, 5.41) is 20.5. The lowest BCUT2D eigenvalue weighted by Gasteiger charge is -2.21. The van der Waals surface area contributed by atoms with Crippen molar-refractivity contribution in [2.45, 2.75) is 232 Å². The van der Waals surface area contributed by atoms with Crippen molar-refractivity contribution in [3.63, 3.8) is 0 Å². The van der Waals surface area contributed by atoms with Gasteiger partial charge in [0.05, 0.1) is 26.4 Å². The van der Waals surface area contributed by atoms with Crippen molar-refractivity contribution in [1.29, 1.82) is 0 Å². The van der Waals surface area contributed by atoms with Crippen LogP contribution in [0.2, 0.25) is 0 Å². The molecule has 0 aliphatic carbocycles. The molecule has 5 unspecified atom stereocenters. The molecule has 4 N–H and O–H groups in total. The Morgan fingerprint density at radius 3 is 1.04 bits per heavy atom. The van der Waals surface area contributed by atoms with Crippen LogP contribution >= 0.6 is 15.6 Å². The average molecular weight is 1180 g/mol. The summed E-state index contributed by atoms with van der Waals surface area (Å²) < 4.78 is 60.6. The number of phosphoric acid groups is 2. The van der Waals surface area contributed by atoms with E-state index in [1.54, 1.807) is 0 Å². The number of allylic oxidation sites excluding steroid dienone is 18. The Bertz CT molecular complexity index is 1920. The maximum absolute atomic E-state index is 12.8. The lowest BCUT2D eigenvalue weighted by molar-refractivity contribution is -0.161. The first kappa shape index (κ1) is 77.2. The predicted octanol–water partition coefficient (Wildman–Crippen LogP) is 15.7. The highest BCUT2D eigenvalue weighted by Crippen LogP contribution is 2.45. The van der Waals surface area contributed by atoms with Crippen molar-refractivity contribution < 1.29 is 75.8 Å². The Morgan fingerprint density at radius 1 is 0.358 bits per heavy atom. The van der Waals surface area contributed by atoms with Crippen LogP contribution in [0.4, 0.5) is 0 Å². The number of aliphatic hydroxyl groups is 2. The van der Waals surface area contributed by atoms with Gasteiger partial charge in [-0.05, 0) is 116 Å². The first-order chi connectivity index (χ1) is 39.2. The summed E-state index contributed by atoms with van der Waals surface area (Å²) >= 11 is 0. The molecular formula is C63H106O16P2. The number of carbonyl (C=O) groups is 3. The van der Waals surface area contributed by atoms with Gasteiger partial charge in [0, 0.05) is 19.3 Å². The monoisotopic (exact) mass is 1180 g/mol. The van der Waals surface area contributed by atoms with Crippen LogP contribution < -0.4 is 0 Å². The summed E-state index contributed by atoms with van der Waals surface area (Å²) in [7, 11) is -9.78. The Labute approximate surface area is 488 Å². The van der Waals surface area contributed by atoms with Crippen LogP contribution in [0.15, 0.2) is 109 Å². The molecule has 0 heterocycles. The van der Waals surface area contributed by atoms with Crippen LogP contribution in [0.1, 0.15) is 213 Å². The van der Waals surface area contributed by atoms with Gasteiger partial charge < -0.3 is 34.2 Å². The van der Waals surface area contributed by atoms with Crippen molar-refractivity contribution in [1.82, 2.24) is 0 Å². The Hall–Kier alpha value is -3.79. The number of ether oxygens (including phenoxy) is 3. The van der Waals surface area contributed by atoms with E-state index in [1.165, 1.54) is 0 Å². The van der Waals surface area contributed by atoms with Gasteiger partial charge in [0.25, 0.3) is 0 Å². The van der Waals surface area contributed by atoms with Gasteiger partial charge in [0.1, 0.15) is 25.4 Å². The van der Waals surface area contributed by atoms with Gasteiger partial charge in [0.15, 0.2) is 6.10 Å². The minimum atomic E-state index is -4.93. The van der Waals surface area contributed by atoms with E-state index >= 15 is 0 Å². The van der Waals surface area contributed by atoms with Crippen molar-refractivity contribution in [2.24, 2.45) is 0 Å². The van der Waals surface area contributed by atoms with Gasteiger partial charge in [-0.25, -0.2) is 9.13 Å². The molecule has 16 nitrogen and oxygen atoms in total. The van der Waals surface area contributed by atoms with E-state index in [-0.39, 0.29) is 19.3 Å². The van der Waals surface area contributed by atoms with Crippen LogP contribution in [0.25, 0.3) is 0 Å². The van der Waals surface area contributed by atoms with Gasteiger partial charge in [0.2, 0.25) is 0 Å². The van der Waals surface area contributed by atoms with Crippen molar-refractivity contribution in [2.75, 3.05) is 39.6 Å². The van der Waals surface area contributed by atoms with Crippen LogP contribution in [0.5, 0.6) is 0 Å². The molecule has 0 radical (unpaired) electrons. The molecule has 5 atom stereocenters. The third-order valence-corrected chi connectivity index (χ3v) is 13.8. The summed E-state index contributed by atoms with van der Waals surface area (Å²) in [6.07, 6.45) is 60.2. The standard InChI is InChI=1S/C63H106O16P2/c1-4-7-10-13-16-19-22-25-27-28-30-33-34-37-40-43-46-49-61(66)73-52-58(64)53-75-80(69,70)76-54-59(65)55-77-81(71,72)78-57-60(79-63(68)51-48-45-42-39-36-31-24-21-18-15-12-9-6-3)56-74-62(67)50-47-44-41-38-35-32-29-26-23-20-17-14-11-8-5-2/h7-8,10-12,15-17,19-21,24-27,29-30,33,58-60,64-65H,4-6,9,13-14,18,22-23,28,31-32,34-57H2,1-3H3,(H,69,70)(H,71,72)/b10-7-,11-8-,15-12-,19-16-,20-17-,24-21-,27-25-,29-26-,33-30-. The SMILES string of the molecule is CC/C=C\C/C=C\C/C=C\C/C=C\CCCCCCC(=O)OCC(O)COP(=O)(O)OCC(O)COP(=O)(O)OCC(COC(=O)CCCCCCC/C=C\C/C=C\C/C=C\CC)OC(=O)CCCCCCC/C=C\C/C=C\CCC. The molecule has 0 aromatic heterocycles. The topological polar surface area (TPSA) is 231 Å². The minimum absolute atomic E-state index is 0.0812. The van der Waals surface area contributed by atoms with Crippen LogP contribution in [-0.2, 0) is 55.8 Å². The number of phosphoric ester groups is 2. The van der Waals surface area contributed by atoms with E-state index in [9.17, 15) is 43.5 Å². The molecule has 0 aliphatic rings. The Kier molecular flexibility index (Phi) is 54.0. The molecular weight excluding hydrogens is 1070 g/mol. The fourth-order valence-corrected chi connectivity index (χ4v) is 8.96. The van der Waals surface area contributed by atoms with Crippen molar-refractivity contribution in [3.8, 4) is 0 Å². The lowest BCUT2D eigenvalue weighted by Crippen LogP contribution is -2.30. The van der Waals surface area contributed by atoms with E-state index in [0.29, 0.717) is 19.3 Å². The highest BCUT2D eigenvalue weighted by Gasteiger charge is 2.29. The molecule has 464 valence electrons. The number of esters is 3. The molecule has 0 aromatic rings. The maximum Gasteiger partial charge on any atom is 0.472 e. The van der Waals surface area contributed by atoms with E-state index in [1.807, 2.05) is 0 Å². The molecule has 18 heteroatoms. The molecule has 0 saturated carbocycles. The summed E-state index contributed by atoms with van der Waals surface area (Å²) in [4.78, 5) is 58.1. The van der Waals surface area contributed by atoms with Gasteiger partial charge >= 0.3 is 33.6 Å². The third kappa shape index (κ3) is 57.8. The number of unbranched alkanes of at least 4 members (excludes halogenated alkanes) is 15. The van der Waals surface area contributed by atoms with Gasteiger partial charge in [-0.2, -0.15) is 0 Å². The quantitative estimate of drug-likeness (QED) is 0.0146. The minimum Gasteiger partial charge on any atom is -0.463 e. The largest absolute Gasteiger partial charge is 0.472 e. The molecule has 0 aliphatic heterocycles. The highest BCUT2D eigenvalue weighted by molar-refractivity contribution is 7.47. The van der Waals surface area contributed by atoms with E-state index in [4.69, 9.17) is 32.3 Å². The number of aliphatic hydroxyl groups excluding tert-OH is 2. The number of hydrogen-bond donors (Lipinski definition) is 4. The second kappa shape index (κ2) is 56.7. The molecule has 0 saturated heterocycles. The Morgan fingerprint density at radius 2 is 0.654 bits per heavy atom. The van der Waals surface area contributed by atoms with Crippen molar-refractivity contribution in [3.05, 3.63) is 109 Å². The molecule has 81 heavy (non-hydrogen) atoms. The lowest BCUT2D eigenvalue weighted by atomic mass is 10.1. The highest BCUT2D eigenvalue weighted by atomic mass is 31.2. The number of carbonyl (C=O) groups excluding carboxylic acids is 3. The zero-order valence-corrected chi connectivity index (χ0v) is 51.5. The van der Waals surface area contributed by atoms with E-state index in [0.717, 1.165) is 154 Å². The normalized spacial score (nSPS) is 15.2. The maximum atomic E-state index is 12.8. The van der Waals surface area contributed by atoms with Gasteiger partial charge in [-0.1, -0.05) is 188 Å². The van der Waals surface area contributed by atoms with Crippen molar-refractivity contribution >= 4 is 33.6 Å². The summed E-state index contributed by atoms with van der Waals surface area (Å²) in [6.45, 7) is 2.27. The van der Waals surface area contributed by atoms with Crippen LogP contribution in [-0.4, -0.2) is 95.9 Å². The van der Waals surface area contributed by atoms with Crippen LogP contribution in [0, 0.1) is 0 Å². The third-order valence-electron chi connectivity index (χ3n) is 11.9. The zero-order chi connectivity index (χ0) is 59.6. The second-order valence-electron chi connectivity index (χ2n) is 19.7. The smallest absolute Gasteiger partial charge is 0.463 e. The number of rotatable bonds is 56. The van der Waals surface area contributed by atoms with E-state index < -0.39 is 91.5 Å². The van der Waals surface area contributed by atoms with Gasteiger partial charge in [-0.15, -0.1) is 0 Å². The number of hydrogen-bond acceptors (Lipinski definition) is 14. The summed E-state index contributed by atoms with van der Waals surface area (Å²) in [6, 6.07) is 0. The fourth-order valence-electron chi connectivity index (χ4n) is 7.38. The van der Waals surface area contributed by atoms with Crippen LogP contribution in [0.3, 0.4) is 0 Å². The molecule has 0 spiro atoms. The summed E-state index contributed by atoms with van der Waals surface area (Å²) in [5.74, 6) is -1.64. The summed E-state index contributed by atoms with van der Waals surface area (Å²) in [5.41, 5.74) is 0. The molecule has 0 fully saturated rings. The predicted molar refractivity (Wildman–Crippen MR) is 325 cm³/mol. The first-order valence-electron chi connectivity index (χ1n) is 30.2. The molecule has 0 bridgehead atoms.